The molecule has 0 saturated carbocycles. The second kappa shape index (κ2) is 18.8. The van der Waals surface area contributed by atoms with Gasteiger partial charge < -0.3 is 9.90 Å². The third kappa shape index (κ3) is 19.0. The van der Waals surface area contributed by atoms with Crippen molar-refractivity contribution < 1.29 is 39.5 Å². The van der Waals surface area contributed by atoms with Crippen LogP contribution in [0.5, 0.6) is 0 Å². The molecule has 0 aliphatic rings. The van der Waals surface area contributed by atoms with Gasteiger partial charge in [-0.15, -0.1) is 0 Å². The Balaban J connectivity index is -0.000000244. The zero-order valence-corrected chi connectivity index (χ0v) is 14.6. The normalized spacial score (nSPS) is 10.8. The van der Waals surface area contributed by atoms with E-state index in [9.17, 15) is 9.90 Å². The van der Waals surface area contributed by atoms with Crippen LogP contribution in [0.4, 0.5) is 0 Å². The molecule has 0 aromatic carbocycles. The molecule has 0 radical (unpaired) electrons. The molecule has 2 nitrogen and oxygen atoms in total. The second-order valence-corrected chi connectivity index (χ2v) is 4.27. The molecule has 0 spiro atoms. The SMILES string of the molecule is CCCCC(CC)C(=O)[O-].CCCCCC.[Na+]. The molecule has 0 saturated heterocycles. The number of carbonyl (C=O) groups is 1. The monoisotopic (exact) mass is 252 g/mol. The summed E-state index contributed by atoms with van der Waals surface area (Å²) in [5.74, 6) is -1.11. The summed E-state index contributed by atoms with van der Waals surface area (Å²) in [6.45, 7) is 8.41. The fraction of sp³-hybridized carbons (Fsp3) is 0.929. The molecular formula is C14H29NaO2. The van der Waals surface area contributed by atoms with Crippen LogP contribution in [0.25, 0.3) is 0 Å². The number of unbranched alkanes of at least 4 members (excludes halogenated alkanes) is 4. The van der Waals surface area contributed by atoms with E-state index in [4.69, 9.17) is 0 Å². The topological polar surface area (TPSA) is 40.1 Å². The molecule has 0 aromatic rings. The first-order valence-electron chi connectivity index (χ1n) is 6.84. The third-order valence-electron chi connectivity index (χ3n) is 2.69. The van der Waals surface area contributed by atoms with Gasteiger partial charge in [-0.25, -0.2) is 0 Å². The van der Waals surface area contributed by atoms with Crippen LogP contribution in [0.2, 0.25) is 0 Å². The van der Waals surface area contributed by atoms with Gasteiger partial charge in [-0.2, -0.15) is 0 Å². The van der Waals surface area contributed by atoms with Gasteiger partial charge in [0.2, 0.25) is 0 Å². The molecule has 1 atom stereocenters. The molecule has 0 fully saturated rings. The van der Waals surface area contributed by atoms with Crippen molar-refractivity contribution in [2.75, 3.05) is 0 Å². The fourth-order valence-corrected chi connectivity index (χ4v) is 1.44. The summed E-state index contributed by atoms with van der Waals surface area (Å²) in [7, 11) is 0. The maximum absolute atomic E-state index is 10.3. The smallest absolute Gasteiger partial charge is 0.550 e. The summed E-state index contributed by atoms with van der Waals surface area (Å²) < 4.78 is 0. The van der Waals surface area contributed by atoms with Crippen LogP contribution < -0.4 is 34.7 Å². The average molecular weight is 252 g/mol. The van der Waals surface area contributed by atoms with E-state index in [1.165, 1.54) is 25.7 Å². The van der Waals surface area contributed by atoms with Crippen molar-refractivity contribution in [3.63, 3.8) is 0 Å². The van der Waals surface area contributed by atoms with Gasteiger partial charge in [0.15, 0.2) is 0 Å². The van der Waals surface area contributed by atoms with Crippen molar-refractivity contribution in [2.24, 2.45) is 5.92 Å². The van der Waals surface area contributed by atoms with Crippen molar-refractivity contribution in [1.29, 1.82) is 0 Å². The van der Waals surface area contributed by atoms with Crippen LogP contribution in [0.15, 0.2) is 0 Å². The summed E-state index contributed by atoms with van der Waals surface area (Å²) in [4.78, 5) is 10.3. The van der Waals surface area contributed by atoms with Gasteiger partial charge in [0, 0.05) is 5.97 Å². The molecule has 3 heteroatoms. The van der Waals surface area contributed by atoms with E-state index in [0.717, 1.165) is 19.3 Å². The van der Waals surface area contributed by atoms with E-state index in [2.05, 4.69) is 20.8 Å². The van der Waals surface area contributed by atoms with Crippen LogP contribution in [0.1, 0.15) is 79.1 Å². The van der Waals surface area contributed by atoms with E-state index in [0.29, 0.717) is 6.42 Å². The molecule has 17 heavy (non-hydrogen) atoms. The molecular weight excluding hydrogens is 223 g/mol. The Morgan fingerprint density at radius 3 is 1.59 bits per heavy atom. The number of hydrogen-bond acceptors (Lipinski definition) is 2. The van der Waals surface area contributed by atoms with E-state index in [1.54, 1.807) is 0 Å². The van der Waals surface area contributed by atoms with Gasteiger partial charge in [-0.3, -0.25) is 0 Å². The van der Waals surface area contributed by atoms with E-state index in [1.807, 2.05) is 6.92 Å². The summed E-state index contributed by atoms with van der Waals surface area (Å²) in [5.41, 5.74) is 0. The minimum atomic E-state index is -0.893. The fourth-order valence-electron chi connectivity index (χ4n) is 1.44. The number of hydrogen-bond donors (Lipinski definition) is 0. The number of carboxylic acid groups (broad SMARTS) is 1. The molecule has 0 aliphatic heterocycles. The van der Waals surface area contributed by atoms with Crippen LogP contribution in [0.3, 0.4) is 0 Å². The first kappa shape index (κ1) is 22.6. The maximum Gasteiger partial charge on any atom is 1.00 e. The quantitative estimate of drug-likeness (QED) is 0.467. The van der Waals surface area contributed by atoms with Crippen molar-refractivity contribution in [1.82, 2.24) is 0 Å². The van der Waals surface area contributed by atoms with Crippen molar-refractivity contribution in [3.05, 3.63) is 0 Å². The van der Waals surface area contributed by atoms with Gasteiger partial charge in [0.25, 0.3) is 0 Å². The van der Waals surface area contributed by atoms with E-state index in [-0.39, 0.29) is 35.5 Å². The van der Waals surface area contributed by atoms with Gasteiger partial charge in [-0.1, -0.05) is 66.2 Å². The van der Waals surface area contributed by atoms with Crippen LogP contribution in [-0.4, -0.2) is 5.97 Å². The maximum atomic E-state index is 10.3. The molecule has 0 bridgehead atoms. The largest absolute Gasteiger partial charge is 1.00 e. The van der Waals surface area contributed by atoms with Gasteiger partial charge >= 0.3 is 29.6 Å². The van der Waals surface area contributed by atoms with Crippen molar-refractivity contribution in [3.8, 4) is 0 Å². The molecule has 0 amide bonds. The Morgan fingerprint density at radius 2 is 1.35 bits per heavy atom. The van der Waals surface area contributed by atoms with E-state index >= 15 is 0 Å². The molecule has 0 N–H and O–H groups in total. The molecule has 0 rings (SSSR count). The zero-order chi connectivity index (χ0) is 12.8. The standard InChI is InChI=1S/C8H16O2.C6H14.Na/c1-3-5-6-7(4-2)8(9)10;1-3-5-6-4-2;/h7H,3-6H2,1-2H3,(H,9,10);3-6H2,1-2H3;/q;;+1/p-1. The number of carbonyl (C=O) groups excluding carboxylic acids is 1. The van der Waals surface area contributed by atoms with E-state index < -0.39 is 5.97 Å². The molecule has 0 aliphatic carbocycles. The van der Waals surface area contributed by atoms with Crippen LogP contribution >= 0.6 is 0 Å². The Kier molecular flexibility index (Phi) is 25.1. The zero-order valence-electron chi connectivity index (χ0n) is 12.6. The number of aliphatic carboxylic acids is 1. The van der Waals surface area contributed by atoms with Crippen molar-refractivity contribution in [2.45, 2.75) is 79.1 Å². The summed E-state index contributed by atoms with van der Waals surface area (Å²) in [6.07, 6.45) is 9.06. The Bertz CT molecular complexity index is 145. The predicted octanol–water partition coefficient (Wildman–Crippen LogP) is 0.543. The molecule has 0 aromatic heterocycles. The summed E-state index contributed by atoms with van der Waals surface area (Å²) in [6, 6.07) is 0. The molecule has 98 valence electrons. The summed E-state index contributed by atoms with van der Waals surface area (Å²) >= 11 is 0. The second-order valence-electron chi connectivity index (χ2n) is 4.27. The number of carboxylic acids is 1. The Hall–Kier alpha value is 0.470. The van der Waals surface area contributed by atoms with Crippen LogP contribution in [0, 0.1) is 5.92 Å². The molecule has 0 heterocycles. The first-order valence-corrected chi connectivity index (χ1v) is 6.84. The Labute approximate surface area is 130 Å². The van der Waals surface area contributed by atoms with Crippen LogP contribution in [-0.2, 0) is 4.79 Å². The van der Waals surface area contributed by atoms with Crippen molar-refractivity contribution >= 4 is 5.97 Å². The molecule has 1 unspecified atom stereocenters. The minimum Gasteiger partial charge on any atom is -0.550 e. The van der Waals surface area contributed by atoms with Gasteiger partial charge in [-0.05, 0) is 18.8 Å². The number of rotatable bonds is 8. The average Bonchev–Trinajstić information content (AvgIpc) is 2.28. The summed E-state index contributed by atoms with van der Waals surface area (Å²) in [5, 5.41) is 10.3. The first-order chi connectivity index (χ1) is 7.63. The minimum absolute atomic E-state index is 0. The predicted molar refractivity (Wildman–Crippen MR) is 68.1 cm³/mol. The third-order valence-corrected chi connectivity index (χ3v) is 2.69. The van der Waals surface area contributed by atoms with Gasteiger partial charge in [0.1, 0.15) is 0 Å². The van der Waals surface area contributed by atoms with Gasteiger partial charge in [0.05, 0.1) is 0 Å². The Morgan fingerprint density at radius 1 is 0.941 bits per heavy atom.